The summed E-state index contributed by atoms with van der Waals surface area (Å²) in [5, 5.41) is 0. The summed E-state index contributed by atoms with van der Waals surface area (Å²) in [6.07, 6.45) is 2.28. The Morgan fingerprint density at radius 1 is 1.24 bits per heavy atom. The number of hydrogen-bond acceptors (Lipinski definition) is 3. The molecule has 2 aromatic rings. The molecule has 132 valence electrons. The molecule has 4 heteroatoms. The van der Waals surface area contributed by atoms with E-state index < -0.39 is 0 Å². The standard InChI is InChI=1S/C21H25NO3/c1-4-15-13-18-17(21(24)25-14(2)3)11-8-12-22(18)19(15)20(23)16-9-6-5-7-10-16/h5-7,9-10,13-14,17H,4,8,11-12H2,1-3H3. The van der Waals surface area contributed by atoms with Gasteiger partial charge in [-0.2, -0.15) is 0 Å². The number of carbonyl (C=O) groups excluding carboxylic acids is 2. The first-order valence-corrected chi connectivity index (χ1v) is 9.05. The number of ether oxygens (including phenoxy) is 1. The van der Waals surface area contributed by atoms with Gasteiger partial charge in [-0.05, 0) is 44.7 Å². The lowest BCUT2D eigenvalue weighted by Crippen LogP contribution is -2.27. The molecular weight excluding hydrogens is 314 g/mol. The van der Waals surface area contributed by atoms with Gasteiger partial charge in [0, 0.05) is 17.8 Å². The lowest BCUT2D eigenvalue weighted by Gasteiger charge is -2.25. The average molecular weight is 339 g/mol. The number of nitrogens with zero attached hydrogens (tertiary/aromatic N) is 1. The Morgan fingerprint density at radius 2 is 1.96 bits per heavy atom. The maximum absolute atomic E-state index is 13.1. The van der Waals surface area contributed by atoms with Crippen molar-refractivity contribution in [3.63, 3.8) is 0 Å². The highest BCUT2D eigenvalue weighted by molar-refractivity contribution is 6.09. The highest BCUT2D eigenvalue weighted by Crippen LogP contribution is 2.34. The summed E-state index contributed by atoms with van der Waals surface area (Å²) >= 11 is 0. The fraction of sp³-hybridized carbons (Fsp3) is 0.429. The Labute approximate surface area is 148 Å². The molecule has 3 rings (SSSR count). The minimum Gasteiger partial charge on any atom is -0.462 e. The molecule has 0 saturated carbocycles. The fourth-order valence-electron chi connectivity index (χ4n) is 3.58. The predicted octanol–water partition coefficient (Wildman–Crippen LogP) is 4.11. The van der Waals surface area contributed by atoms with E-state index in [2.05, 4.69) is 0 Å². The van der Waals surface area contributed by atoms with E-state index in [1.807, 2.05) is 61.7 Å². The van der Waals surface area contributed by atoms with Crippen molar-refractivity contribution in [3.05, 3.63) is 58.9 Å². The van der Waals surface area contributed by atoms with Crippen molar-refractivity contribution in [1.82, 2.24) is 4.57 Å². The number of ketones is 1. The second kappa shape index (κ2) is 7.26. The number of carbonyl (C=O) groups is 2. The molecule has 0 N–H and O–H groups in total. The Hall–Kier alpha value is -2.36. The van der Waals surface area contributed by atoms with E-state index in [-0.39, 0.29) is 23.8 Å². The first kappa shape index (κ1) is 17.5. The molecule has 2 heterocycles. The number of fused-ring (bicyclic) bond motifs is 1. The second-order valence-corrected chi connectivity index (χ2v) is 6.82. The molecule has 25 heavy (non-hydrogen) atoms. The minimum absolute atomic E-state index is 0.0292. The smallest absolute Gasteiger partial charge is 0.315 e. The van der Waals surface area contributed by atoms with E-state index in [9.17, 15) is 9.59 Å². The summed E-state index contributed by atoms with van der Waals surface area (Å²) in [5.74, 6) is -0.435. The molecule has 1 aromatic heterocycles. The normalized spacial score (nSPS) is 16.6. The molecule has 0 radical (unpaired) electrons. The van der Waals surface area contributed by atoms with Gasteiger partial charge in [0.2, 0.25) is 5.78 Å². The molecule has 1 unspecified atom stereocenters. The molecule has 0 saturated heterocycles. The van der Waals surface area contributed by atoms with Crippen molar-refractivity contribution in [2.75, 3.05) is 0 Å². The van der Waals surface area contributed by atoms with Gasteiger partial charge >= 0.3 is 5.97 Å². The third kappa shape index (κ3) is 3.39. The van der Waals surface area contributed by atoms with Crippen LogP contribution in [0.4, 0.5) is 0 Å². The van der Waals surface area contributed by atoms with Crippen LogP contribution in [0.5, 0.6) is 0 Å². The molecule has 0 fully saturated rings. The maximum atomic E-state index is 13.1. The summed E-state index contributed by atoms with van der Waals surface area (Å²) in [7, 11) is 0. The van der Waals surface area contributed by atoms with Crippen molar-refractivity contribution in [1.29, 1.82) is 0 Å². The summed E-state index contributed by atoms with van der Waals surface area (Å²) in [6.45, 7) is 6.54. The van der Waals surface area contributed by atoms with Gasteiger partial charge in [0.1, 0.15) is 0 Å². The van der Waals surface area contributed by atoms with Crippen LogP contribution in [0.3, 0.4) is 0 Å². The van der Waals surface area contributed by atoms with E-state index in [0.29, 0.717) is 5.56 Å². The van der Waals surface area contributed by atoms with Gasteiger partial charge in [-0.3, -0.25) is 9.59 Å². The quantitative estimate of drug-likeness (QED) is 0.608. The fourth-order valence-corrected chi connectivity index (χ4v) is 3.58. The van der Waals surface area contributed by atoms with Crippen LogP contribution in [0, 0.1) is 0 Å². The number of esters is 1. The van der Waals surface area contributed by atoms with Crippen molar-refractivity contribution in [2.24, 2.45) is 0 Å². The van der Waals surface area contributed by atoms with E-state index >= 15 is 0 Å². The Kier molecular flexibility index (Phi) is 5.07. The van der Waals surface area contributed by atoms with Gasteiger partial charge in [0.05, 0.1) is 17.7 Å². The summed E-state index contributed by atoms with van der Waals surface area (Å²) in [6, 6.07) is 11.4. The number of aryl methyl sites for hydroxylation is 1. The molecule has 0 aliphatic carbocycles. The molecule has 4 nitrogen and oxygen atoms in total. The van der Waals surface area contributed by atoms with Gasteiger partial charge in [-0.1, -0.05) is 37.3 Å². The van der Waals surface area contributed by atoms with Crippen molar-refractivity contribution >= 4 is 11.8 Å². The third-order valence-electron chi connectivity index (χ3n) is 4.71. The minimum atomic E-state index is -0.279. The van der Waals surface area contributed by atoms with Crippen LogP contribution in [0.2, 0.25) is 0 Å². The molecule has 1 atom stereocenters. The van der Waals surface area contributed by atoms with E-state index in [1.54, 1.807) is 0 Å². The van der Waals surface area contributed by atoms with Crippen molar-refractivity contribution < 1.29 is 14.3 Å². The molecule has 0 bridgehead atoms. The lowest BCUT2D eigenvalue weighted by atomic mass is 9.96. The zero-order chi connectivity index (χ0) is 18.0. The van der Waals surface area contributed by atoms with Crippen LogP contribution in [0.25, 0.3) is 0 Å². The molecular formula is C21H25NO3. The Balaban J connectivity index is 2.03. The van der Waals surface area contributed by atoms with E-state index in [4.69, 9.17) is 4.74 Å². The molecule has 0 amide bonds. The highest BCUT2D eigenvalue weighted by Gasteiger charge is 2.33. The van der Waals surface area contributed by atoms with Crippen LogP contribution in [0.1, 0.15) is 66.8 Å². The molecule has 0 spiro atoms. The van der Waals surface area contributed by atoms with Gasteiger partial charge in [-0.25, -0.2) is 0 Å². The van der Waals surface area contributed by atoms with Gasteiger partial charge in [-0.15, -0.1) is 0 Å². The van der Waals surface area contributed by atoms with Crippen LogP contribution < -0.4 is 0 Å². The largest absolute Gasteiger partial charge is 0.462 e. The van der Waals surface area contributed by atoms with Crippen molar-refractivity contribution in [2.45, 2.75) is 58.6 Å². The summed E-state index contributed by atoms with van der Waals surface area (Å²) in [5.41, 5.74) is 3.34. The first-order valence-electron chi connectivity index (χ1n) is 9.05. The zero-order valence-electron chi connectivity index (χ0n) is 15.1. The first-order chi connectivity index (χ1) is 12.0. The second-order valence-electron chi connectivity index (χ2n) is 6.82. The number of benzene rings is 1. The van der Waals surface area contributed by atoms with Crippen LogP contribution >= 0.6 is 0 Å². The molecule has 1 aliphatic rings. The van der Waals surface area contributed by atoms with Crippen LogP contribution in [-0.2, 0) is 22.5 Å². The average Bonchev–Trinajstić information content (AvgIpc) is 2.99. The lowest BCUT2D eigenvalue weighted by molar-refractivity contribution is -0.149. The van der Waals surface area contributed by atoms with Gasteiger partial charge < -0.3 is 9.30 Å². The van der Waals surface area contributed by atoms with Crippen LogP contribution in [0.15, 0.2) is 36.4 Å². The van der Waals surface area contributed by atoms with Crippen LogP contribution in [-0.4, -0.2) is 22.4 Å². The Morgan fingerprint density at radius 3 is 2.60 bits per heavy atom. The van der Waals surface area contributed by atoms with Crippen molar-refractivity contribution in [3.8, 4) is 0 Å². The number of hydrogen-bond donors (Lipinski definition) is 0. The van der Waals surface area contributed by atoms with E-state index in [1.165, 1.54) is 0 Å². The molecule has 1 aromatic carbocycles. The predicted molar refractivity (Wildman–Crippen MR) is 96.9 cm³/mol. The third-order valence-corrected chi connectivity index (χ3v) is 4.71. The zero-order valence-corrected chi connectivity index (χ0v) is 15.1. The number of rotatable bonds is 5. The molecule has 1 aliphatic heterocycles. The summed E-state index contributed by atoms with van der Waals surface area (Å²) < 4.78 is 7.48. The topological polar surface area (TPSA) is 48.3 Å². The Bertz CT molecular complexity index is 774. The van der Waals surface area contributed by atoms with Gasteiger partial charge in [0.25, 0.3) is 0 Å². The van der Waals surface area contributed by atoms with E-state index in [0.717, 1.165) is 42.8 Å². The highest BCUT2D eigenvalue weighted by atomic mass is 16.5. The monoisotopic (exact) mass is 339 g/mol. The maximum Gasteiger partial charge on any atom is 0.315 e. The SMILES string of the molecule is CCc1cc2n(c1C(=O)c1ccccc1)CCCC2C(=O)OC(C)C. The van der Waals surface area contributed by atoms with Gasteiger partial charge in [0.15, 0.2) is 0 Å². The summed E-state index contributed by atoms with van der Waals surface area (Å²) in [4.78, 5) is 25.6. The number of aromatic nitrogens is 1.